The summed E-state index contributed by atoms with van der Waals surface area (Å²) in [5.74, 6) is 0.976. The van der Waals surface area contributed by atoms with Crippen LogP contribution in [-0.4, -0.2) is 38.1 Å². The van der Waals surface area contributed by atoms with Crippen molar-refractivity contribution in [2.24, 2.45) is 5.92 Å². The minimum absolute atomic E-state index is 0.201. The van der Waals surface area contributed by atoms with Crippen LogP contribution in [0.5, 0.6) is 0 Å². The zero-order valence-electron chi connectivity index (χ0n) is 9.22. The summed E-state index contributed by atoms with van der Waals surface area (Å²) in [4.78, 5) is 11.0. The van der Waals surface area contributed by atoms with Gasteiger partial charge in [0.1, 0.15) is 0 Å². The largest absolute Gasteiger partial charge is 0.355 e. The Balaban J connectivity index is 1.62. The van der Waals surface area contributed by atoms with Gasteiger partial charge in [-0.2, -0.15) is 0 Å². The second-order valence-corrected chi connectivity index (χ2v) is 4.66. The molecule has 0 aromatic carbocycles. The summed E-state index contributed by atoms with van der Waals surface area (Å²) < 4.78 is 0. The van der Waals surface area contributed by atoms with Gasteiger partial charge in [0.15, 0.2) is 0 Å². The van der Waals surface area contributed by atoms with E-state index in [0.29, 0.717) is 12.5 Å². The molecule has 2 aliphatic rings. The average Bonchev–Trinajstić information content (AvgIpc) is 2.30. The van der Waals surface area contributed by atoms with Gasteiger partial charge in [0.05, 0.1) is 0 Å². The molecule has 0 spiro atoms. The van der Waals surface area contributed by atoms with E-state index in [2.05, 4.69) is 16.0 Å². The lowest BCUT2D eigenvalue weighted by atomic mass is 9.98. The quantitative estimate of drug-likeness (QED) is 0.609. The highest BCUT2D eigenvalue weighted by Crippen LogP contribution is 2.10. The van der Waals surface area contributed by atoms with E-state index in [1.54, 1.807) is 0 Å². The first-order valence-electron chi connectivity index (χ1n) is 6.05. The summed E-state index contributed by atoms with van der Waals surface area (Å²) >= 11 is 0. The number of rotatable bonds is 3. The third-order valence-corrected chi connectivity index (χ3v) is 3.36. The molecule has 0 bridgehead atoms. The number of hydrogen-bond acceptors (Lipinski definition) is 3. The van der Waals surface area contributed by atoms with Gasteiger partial charge in [-0.25, -0.2) is 0 Å². The summed E-state index contributed by atoms with van der Waals surface area (Å²) in [7, 11) is 0. The number of carbonyl (C=O) groups excluding carboxylic acids is 1. The SMILES string of the molecule is O=C1CCC(NCC2CCCNC2)CN1. The number of hydrogen-bond donors (Lipinski definition) is 3. The summed E-state index contributed by atoms with van der Waals surface area (Å²) in [6.07, 6.45) is 4.30. The molecule has 2 saturated heterocycles. The molecule has 86 valence electrons. The highest BCUT2D eigenvalue weighted by atomic mass is 16.1. The standard InChI is InChI=1S/C11H21N3O/c15-11-4-3-10(8-14-11)13-7-9-2-1-5-12-6-9/h9-10,12-13H,1-8H2,(H,14,15). The fourth-order valence-corrected chi connectivity index (χ4v) is 2.34. The van der Waals surface area contributed by atoms with Crippen LogP contribution in [0.25, 0.3) is 0 Å². The van der Waals surface area contributed by atoms with E-state index >= 15 is 0 Å². The second kappa shape index (κ2) is 5.47. The lowest BCUT2D eigenvalue weighted by Crippen LogP contribution is -2.48. The van der Waals surface area contributed by atoms with Gasteiger partial charge in [0.25, 0.3) is 0 Å². The van der Waals surface area contributed by atoms with Crippen LogP contribution in [0.1, 0.15) is 25.7 Å². The van der Waals surface area contributed by atoms with E-state index in [4.69, 9.17) is 0 Å². The molecule has 15 heavy (non-hydrogen) atoms. The van der Waals surface area contributed by atoms with Crippen molar-refractivity contribution in [2.75, 3.05) is 26.2 Å². The highest BCUT2D eigenvalue weighted by molar-refractivity contribution is 5.76. The Hall–Kier alpha value is -0.610. The molecular weight excluding hydrogens is 190 g/mol. The van der Waals surface area contributed by atoms with Crippen molar-refractivity contribution in [2.45, 2.75) is 31.7 Å². The van der Waals surface area contributed by atoms with E-state index in [9.17, 15) is 4.79 Å². The second-order valence-electron chi connectivity index (χ2n) is 4.66. The Morgan fingerprint density at radius 1 is 1.33 bits per heavy atom. The Labute approximate surface area is 91.2 Å². The normalized spacial score (nSPS) is 32.4. The van der Waals surface area contributed by atoms with Crippen LogP contribution in [0.3, 0.4) is 0 Å². The number of nitrogens with one attached hydrogen (secondary N) is 3. The van der Waals surface area contributed by atoms with Crippen molar-refractivity contribution in [3.05, 3.63) is 0 Å². The first kappa shape index (κ1) is 10.9. The molecule has 2 heterocycles. The summed E-state index contributed by atoms with van der Waals surface area (Å²) in [6, 6.07) is 0.490. The minimum Gasteiger partial charge on any atom is -0.355 e. The van der Waals surface area contributed by atoms with Gasteiger partial charge >= 0.3 is 0 Å². The Bertz CT molecular complexity index is 204. The molecule has 2 fully saturated rings. The van der Waals surface area contributed by atoms with E-state index in [1.807, 2.05) is 0 Å². The molecular formula is C11H21N3O. The molecule has 3 N–H and O–H groups in total. The molecule has 1 amide bonds. The van der Waals surface area contributed by atoms with E-state index in [-0.39, 0.29) is 5.91 Å². The first-order valence-corrected chi connectivity index (χ1v) is 6.05. The lowest BCUT2D eigenvalue weighted by Gasteiger charge is -2.28. The predicted octanol–water partition coefficient (Wildman–Crippen LogP) is -0.146. The van der Waals surface area contributed by atoms with Crippen LogP contribution < -0.4 is 16.0 Å². The molecule has 0 saturated carbocycles. The van der Waals surface area contributed by atoms with Gasteiger partial charge in [-0.15, -0.1) is 0 Å². The van der Waals surface area contributed by atoms with E-state index in [1.165, 1.54) is 19.4 Å². The van der Waals surface area contributed by atoms with Gasteiger partial charge in [-0.3, -0.25) is 4.79 Å². The first-order chi connectivity index (χ1) is 7.34. The van der Waals surface area contributed by atoms with Gasteiger partial charge in [-0.1, -0.05) is 0 Å². The van der Waals surface area contributed by atoms with Crippen molar-refractivity contribution in [1.29, 1.82) is 0 Å². The van der Waals surface area contributed by atoms with E-state index < -0.39 is 0 Å². The van der Waals surface area contributed by atoms with Crippen LogP contribution in [0.4, 0.5) is 0 Å². The van der Waals surface area contributed by atoms with Gasteiger partial charge < -0.3 is 16.0 Å². The number of carbonyl (C=O) groups is 1. The van der Waals surface area contributed by atoms with Crippen molar-refractivity contribution < 1.29 is 4.79 Å². The zero-order chi connectivity index (χ0) is 10.5. The fraction of sp³-hybridized carbons (Fsp3) is 0.909. The highest BCUT2D eigenvalue weighted by Gasteiger charge is 2.19. The molecule has 0 radical (unpaired) electrons. The van der Waals surface area contributed by atoms with Crippen molar-refractivity contribution in [3.63, 3.8) is 0 Å². The molecule has 4 nitrogen and oxygen atoms in total. The van der Waals surface area contributed by atoms with Crippen LogP contribution in [0.2, 0.25) is 0 Å². The maximum absolute atomic E-state index is 11.0. The molecule has 0 aromatic rings. The molecule has 2 rings (SSSR count). The van der Waals surface area contributed by atoms with Crippen LogP contribution in [0.15, 0.2) is 0 Å². The smallest absolute Gasteiger partial charge is 0.220 e. The summed E-state index contributed by atoms with van der Waals surface area (Å²) in [5, 5.41) is 9.88. The topological polar surface area (TPSA) is 53.2 Å². The Kier molecular flexibility index (Phi) is 3.97. The maximum Gasteiger partial charge on any atom is 0.220 e. The average molecular weight is 211 g/mol. The molecule has 2 unspecified atom stereocenters. The molecule has 2 aliphatic heterocycles. The maximum atomic E-state index is 11.0. The Morgan fingerprint density at radius 2 is 2.27 bits per heavy atom. The minimum atomic E-state index is 0.201. The Morgan fingerprint density at radius 3 is 2.93 bits per heavy atom. The van der Waals surface area contributed by atoms with Crippen molar-refractivity contribution >= 4 is 5.91 Å². The third kappa shape index (κ3) is 3.47. The molecule has 0 aliphatic carbocycles. The van der Waals surface area contributed by atoms with Crippen molar-refractivity contribution in [1.82, 2.24) is 16.0 Å². The van der Waals surface area contributed by atoms with Gasteiger partial charge in [0.2, 0.25) is 5.91 Å². The monoisotopic (exact) mass is 211 g/mol. The van der Waals surface area contributed by atoms with Gasteiger partial charge in [-0.05, 0) is 44.8 Å². The van der Waals surface area contributed by atoms with Crippen molar-refractivity contribution in [3.8, 4) is 0 Å². The summed E-state index contributed by atoms with van der Waals surface area (Å²) in [6.45, 7) is 4.22. The fourth-order valence-electron chi connectivity index (χ4n) is 2.34. The number of piperidine rings is 2. The van der Waals surface area contributed by atoms with Crippen LogP contribution >= 0.6 is 0 Å². The predicted molar refractivity (Wildman–Crippen MR) is 59.6 cm³/mol. The third-order valence-electron chi connectivity index (χ3n) is 3.36. The molecule has 0 aromatic heterocycles. The number of amides is 1. The van der Waals surface area contributed by atoms with Crippen LogP contribution in [-0.2, 0) is 4.79 Å². The zero-order valence-corrected chi connectivity index (χ0v) is 9.22. The summed E-state index contributed by atoms with van der Waals surface area (Å²) in [5.41, 5.74) is 0. The molecule has 2 atom stereocenters. The van der Waals surface area contributed by atoms with Gasteiger partial charge in [0, 0.05) is 19.0 Å². The van der Waals surface area contributed by atoms with E-state index in [0.717, 1.165) is 32.0 Å². The lowest BCUT2D eigenvalue weighted by molar-refractivity contribution is -0.122. The molecule has 4 heteroatoms. The van der Waals surface area contributed by atoms with Crippen LogP contribution in [0, 0.1) is 5.92 Å².